The molecule has 0 aliphatic rings. The van der Waals surface area contributed by atoms with Crippen molar-refractivity contribution in [1.82, 2.24) is 0 Å². The highest BCUT2D eigenvalue weighted by atomic mass is 35.5. The van der Waals surface area contributed by atoms with Crippen molar-refractivity contribution in [2.45, 2.75) is 19.6 Å². The Kier molecular flexibility index (Phi) is 7.21. The summed E-state index contributed by atoms with van der Waals surface area (Å²) in [7, 11) is -2.55. The van der Waals surface area contributed by atoms with Gasteiger partial charge in [0.2, 0.25) is 0 Å². The molecule has 0 radical (unpaired) electrons. The fourth-order valence-corrected chi connectivity index (χ4v) is 5.49. The Morgan fingerprint density at radius 1 is 0.958 bits per heavy atom. The van der Waals surface area contributed by atoms with Gasteiger partial charge in [0.1, 0.15) is 13.1 Å². The fraction of sp³-hybridized carbons (Fsp3) is 0.278. The first-order valence-corrected chi connectivity index (χ1v) is 10.4. The van der Waals surface area contributed by atoms with Crippen LogP contribution in [-0.2, 0) is 9.05 Å². The number of rotatable bonds is 8. The molecule has 0 fully saturated rings. The van der Waals surface area contributed by atoms with Gasteiger partial charge in [-0.05, 0) is 44.4 Å². The molecule has 0 saturated heterocycles. The summed E-state index contributed by atoms with van der Waals surface area (Å²) in [5.41, 5.74) is 1.67. The lowest BCUT2D eigenvalue weighted by Gasteiger charge is -2.34. The van der Waals surface area contributed by atoms with Crippen LogP contribution in [0.25, 0.3) is 0 Å². The maximum Gasteiger partial charge on any atom is 0.144 e. The number of halogens is 2. The first-order chi connectivity index (χ1) is 11.5. The zero-order valence-corrected chi connectivity index (χ0v) is 16.2. The summed E-state index contributed by atoms with van der Waals surface area (Å²) in [6.07, 6.45) is 4.29. The van der Waals surface area contributed by atoms with E-state index in [1.807, 2.05) is 62.4 Å². The number of nitrogens with one attached hydrogen (secondary N) is 1. The van der Waals surface area contributed by atoms with Gasteiger partial charge in [-0.3, -0.25) is 0 Å². The quantitative estimate of drug-likeness (QED) is 0.529. The zero-order chi connectivity index (χ0) is 17.6. The summed E-state index contributed by atoms with van der Waals surface area (Å²) in [6.45, 7) is 4.83. The molecule has 1 N–H and O–H groups in total. The van der Waals surface area contributed by atoms with Crippen molar-refractivity contribution >= 4 is 42.5 Å². The Morgan fingerprint density at radius 3 is 2.00 bits per heavy atom. The number of benzene rings is 2. The molecule has 0 spiro atoms. The molecule has 1 atom stereocenters. The molecule has 24 heavy (non-hydrogen) atoms. The van der Waals surface area contributed by atoms with Crippen LogP contribution >= 0.6 is 30.5 Å². The third-order valence-corrected chi connectivity index (χ3v) is 6.66. The standard InChI is InChI=1S/C18H22Cl2NO2P/c1-4-22-24(3,23-5-2)18(21-14-10-7-6-8-11-14)17-15(19)12-9-13-16(17)20/h6-13,18,21H,3-5H2,1-2H3. The fourth-order valence-electron chi connectivity index (χ4n) is 2.45. The Hall–Kier alpha value is -0.960. The second kappa shape index (κ2) is 8.94. The van der Waals surface area contributed by atoms with Gasteiger partial charge in [0.05, 0.1) is 13.2 Å². The minimum absolute atomic E-state index is 0.374. The predicted octanol–water partition coefficient (Wildman–Crippen LogP) is 6.46. The molecule has 0 aliphatic carbocycles. The molecular formula is C18H22Cl2NO2P. The molecule has 0 aliphatic heterocycles. The van der Waals surface area contributed by atoms with Crippen LogP contribution < -0.4 is 5.32 Å². The molecule has 130 valence electrons. The molecule has 2 aromatic rings. The lowest BCUT2D eigenvalue weighted by molar-refractivity contribution is 0.260. The van der Waals surface area contributed by atoms with Gasteiger partial charge in [-0.25, -0.2) is 0 Å². The van der Waals surface area contributed by atoms with Crippen molar-refractivity contribution in [3.05, 3.63) is 64.1 Å². The van der Waals surface area contributed by atoms with E-state index in [0.29, 0.717) is 23.3 Å². The van der Waals surface area contributed by atoms with E-state index >= 15 is 0 Å². The highest BCUT2D eigenvalue weighted by Gasteiger charge is 2.32. The summed E-state index contributed by atoms with van der Waals surface area (Å²) >= 11 is 12.9. The van der Waals surface area contributed by atoms with E-state index in [2.05, 4.69) is 11.6 Å². The Balaban J connectivity index is 2.54. The van der Waals surface area contributed by atoms with E-state index in [4.69, 9.17) is 32.2 Å². The third kappa shape index (κ3) is 4.56. The summed E-state index contributed by atoms with van der Waals surface area (Å²) in [5.74, 6) is -0.374. The van der Waals surface area contributed by atoms with Gasteiger partial charge in [0, 0.05) is 21.3 Å². The smallest absolute Gasteiger partial charge is 0.144 e. The average Bonchev–Trinajstić information content (AvgIpc) is 2.55. The molecule has 0 heterocycles. The van der Waals surface area contributed by atoms with Gasteiger partial charge in [0.15, 0.2) is 0 Å². The number of hydrogen-bond donors (Lipinski definition) is 1. The molecular weight excluding hydrogens is 364 g/mol. The molecule has 0 saturated carbocycles. The van der Waals surface area contributed by atoms with Gasteiger partial charge in [-0.15, -0.1) is 0 Å². The minimum Gasteiger partial charge on any atom is -0.371 e. The van der Waals surface area contributed by atoms with Gasteiger partial charge < -0.3 is 14.4 Å². The molecule has 2 aromatic carbocycles. The van der Waals surface area contributed by atoms with E-state index in [0.717, 1.165) is 11.3 Å². The van der Waals surface area contributed by atoms with E-state index in [-0.39, 0.29) is 5.78 Å². The van der Waals surface area contributed by atoms with Crippen LogP contribution in [0.15, 0.2) is 48.5 Å². The van der Waals surface area contributed by atoms with Crippen LogP contribution in [0.1, 0.15) is 25.2 Å². The van der Waals surface area contributed by atoms with Crippen LogP contribution in [0.3, 0.4) is 0 Å². The van der Waals surface area contributed by atoms with E-state index in [1.54, 1.807) is 0 Å². The molecule has 2 rings (SSSR count). The highest BCUT2D eigenvalue weighted by molar-refractivity contribution is 7.65. The van der Waals surface area contributed by atoms with Gasteiger partial charge >= 0.3 is 0 Å². The number of para-hydroxylation sites is 1. The van der Waals surface area contributed by atoms with Crippen LogP contribution in [0.4, 0.5) is 5.69 Å². The minimum atomic E-state index is -2.55. The van der Waals surface area contributed by atoms with Gasteiger partial charge in [0.25, 0.3) is 0 Å². The van der Waals surface area contributed by atoms with Crippen molar-refractivity contribution < 1.29 is 9.05 Å². The SMILES string of the molecule is C=P(OCC)(OCC)C(Nc1ccccc1)c1c(Cl)cccc1Cl. The normalized spacial score (nSPS) is 12.8. The van der Waals surface area contributed by atoms with Crippen LogP contribution in [0.5, 0.6) is 0 Å². The van der Waals surface area contributed by atoms with E-state index in [1.165, 1.54) is 0 Å². The van der Waals surface area contributed by atoms with Gasteiger partial charge in [-0.1, -0.05) is 47.5 Å². The molecule has 0 amide bonds. The van der Waals surface area contributed by atoms with Crippen molar-refractivity contribution in [3.63, 3.8) is 0 Å². The summed E-state index contributed by atoms with van der Waals surface area (Å²) in [4.78, 5) is 0. The highest BCUT2D eigenvalue weighted by Crippen LogP contribution is 2.62. The maximum absolute atomic E-state index is 6.45. The first-order valence-electron chi connectivity index (χ1n) is 7.79. The second-order valence-corrected chi connectivity index (χ2v) is 8.41. The first kappa shape index (κ1) is 19.4. The third-order valence-electron chi connectivity index (χ3n) is 3.44. The lowest BCUT2D eigenvalue weighted by Crippen LogP contribution is -2.16. The number of hydrogen-bond acceptors (Lipinski definition) is 3. The maximum atomic E-state index is 6.45. The molecule has 0 aromatic heterocycles. The van der Waals surface area contributed by atoms with Crippen LogP contribution in [0, 0.1) is 0 Å². The Morgan fingerprint density at radius 2 is 1.50 bits per heavy atom. The monoisotopic (exact) mass is 385 g/mol. The summed E-state index contributed by atoms with van der Waals surface area (Å²) in [5, 5.41) is 4.57. The molecule has 0 bridgehead atoms. The average molecular weight is 386 g/mol. The largest absolute Gasteiger partial charge is 0.371 e. The van der Waals surface area contributed by atoms with E-state index < -0.39 is 7.34 Å². The van der Waals surface area contributed by atoms with Crippen molar-refractivity contribution in [2.75, 3.05) is 18.5 Å². The van der Waals surface area contributed by atoms with Crippen LogP contribution in [-0.4, -0.2) is 19.5 Å². The molecule has 1 unspecified atom stereocenters. The van der Waals surface area contributed by atoms with Gasteiger partial charge in [-0.2, -0.15) is 0 Å². The zero-order valence-electron chi connectivity index (χ0n) is 13.8. The summed E-state index contributed by atoms with van der Waals surface area (Å²) in [6, 6.07) is 15.3. The van der Waals surface area contributed by atoms with E-state index in [9.17, 15) is 0 Å². The number of anilines is 1. The van der Waals surface area contributed by atoms with Crippen molar-refractivity contribution in [2.24, 2.45) is 0 Å². The lowest BCUT2D eigenvalue weighted by atomic mass is 10.2. The Bertz CT molecular complexity index is 679. The Labute approximate surface area is 154 Å². The second-order valence-electron chi connectivity index (χ2n) is 5.11. The molecule has 6 heteroatoms. The van der Waals surface area contributed by atoms with Crippen molar-refractivity contribution in [1.29, 1.82) is 0 Å². The topological polar surface area (TPSA) is 30.5 Å². The molecule has 3 nitrogen and oxygen atoms in total. The van der Waals surface area contributed by atoms with Crippen molar-refractivity contribution in [3.8, 4) is 0 Å². The van der Waals surface area contributed by atoms with Crippen LogP contribution in [0.2, 0.25) is 10.0 Å². The summed E-state index contributed by atoms with van der Waals surface area (Å²) < 4.78 is 11.9. The predicted molar refractivity (Wildman–Crippen MR) is 107 cm³/mol.